The van der Waals surface area contributed by atoms with Crippen molar-refractivity contribution in [3.63, 3.8) is 0 Å². The Balaban J connectivity index is 1.91. The van der Waals surface area contributed by atoms with Crippen LogP contribution in [-0.2, 0) is 9.59 Å². The Morgan fingerprint density at radius 3 is 2.52 bits per heavy atom. The Kier molecular flexibility index (Phi) is 5.41. The van der Waals surface area contributed by atoms with Crippen LogP contribution in [0.5, 0.6) is 11.5 Å². The standard InChI is InChI=1S/C18H15N3O5S/c22-13-7-5-12(6-8-13)21-17(26)15(9-16(24)25)27-18(21)20-19-10-11-3-1-2-4-14(11)23/h1-8,10,15,22-23H,9H2,(H,24,25)/b19-10+,20-18-. The van der Waals surface area contributed by atoms with Gasteiger partial charge in [-0.15, -0.1) is 5.10 Å². The number of carbonyl (C=O) groups is 2. The molecular formula is C18H15N3O5S. The molecule has 1 unspecified atom stereocenters. The van der Waals surface area contributed by atoms with Crippen molar-refractivity contribution in [3.8, 4) is 11.5 Å². The third-order valence-corrected chi connectivity index (χ3v) is 4.81. The van der Waals surface area contributed by atoms with E-state index in [1.807, 2.05) is 0 Å². The van der Waals surface area contributed by atoms with Gasteiger partial charge in [0.05, 0.1) is 18.3 Å². The minimum atomic E-state index is -1.09. The summed E-state index contributed by atoms with van der Waals surface area (Å²) in [5.74, 6) is -1.44. The van der Waals surface area contributed by atoms with Crippen LogP contribution in [0, 0.1) is 0 Å². The first-order chi connectivity index (χ1) is 13.0. The third kappa shape index (κ3) is 4.26. The van der Waals surface area contributed by atoms with Gasteiger partial charge in [-0.25, -0.2) is 0 Å². The molecule has 1 aliphatic rings. The quantitative estimate of drug-likeness (QED) is 0.536. The number of carboxylic acids is 1. The van der Waals surface area contributed by atoms with Crippen LogP contribution in [0.25, 0.3) is 0 Å². The molecule has 1 fully saturated rings. The molecule has 1 atom stereocenters. The van der Waals surface area contributed by atoms with Gasteiger partial charge in [-0.3, -0.25) is 14.5 Å². The maximum atomic E-state index is 12.6. The van der Waals surface area contributed by atoms with Crippen molar-refractivity contribution in [1.82, 2.24) is 0 Å². The number of anilines is 1. The lowest BCUT2D eigenvalue weighted by Gasteiger charge is -2.15. The van der Waals surface area contributed by atoms with Gasteiger partial charge in [-0.05, 0) is 36.4 Å². The van der Waals surface area contributed by atoms with Gasteiger partial charge in [-0.2, -0.15) is 5.10 Å². The normalized spacial score (nSPS) is 18.5. The lowest BCUT2D eigenvalue weighted by molar-refractivity contribution is -0.138. The summed E-state index contributed by atoms with van der Waals surface area (Å²) in [6, 6.07) is 12.4. The molecule has 0 spiro atoms. The second-order valence-corrected chi connectivity index (χ2v) is 6.75. The highest BCUT2D eigenvalue weighted by Gasteiger charge is 2.40. The topological polar surface area (TPSA) is 123 Å². The van der Waals surface area contributed by atoms with Crippen molar-refractivity contribution in [2.45, 2.75) is 11.7 Å². The lowest BCUT2D eigenvalue weighted by atomic mass is 10.2. The summed E-state index contributed by atoms with van der Waals surface area (Å²) < 4.78 is 0. The van der Waals surface area contributed by atoms with Crippen molar-refractivity contribution in [3.05, 3.63) is 54.1 Å². The fraction of sp³-hybridized carbons (Fsp3) is 0.111. The predicted octanol–water partition coefficient (Wildman–Crippen LogP) is 2.41. The number of carbonyl (C=O) groups excluding carboxylic acids is 1. The molecule has 0 aromatic heterocycles. The van der Waals surface area contributed by atoms with E-state index in [9.17, 15) is 19.8 Å². The molecule has 1 amide bonds. The predicted molar refractivity (Wildman–Crippen MR) is 102 cm³/mol. The first kappa shape index (κ1) is 18.5. The molecule has 0 radical (unpaired) electrons. The van der Waals surface area contributed by atoms with Crippen LogP contribution in [0.4, 0.5) is 5.69 Å². The molecule has 2 aromatic rings. The van der Waals surface area contributed by atoms with Gasteiger partial charge in [0.1, 0.15) is 16.7 Å². The number of amidine groups is 1. The monoisotopic (exact) mass is 385 g/mol. The molecule has 27 heavy (non-hydrogen) atoms. The van der Waals surface area contributed by atoms with Crippen molar-refractivity contribution in [2.75, 3.05) is 4.90 Å². The van der Waals surface area contributed by atoms with E-state index in [4.69, 9.17) is 5.11 Å². The highest BCUT2D eigenvalue weighted by molar-refractivity contribution is 8.16. The van der Waals surface area contributed by atoms with Gasteiger partial charge >= 0.3 is 5.97 Å². The Morgan fingerprint density at radius 1 is 1.15 bits per heavy atom. The maximum absolute atomic E-state index is 12.6. The highest BCUT2D eigenvalue weighted by atomic mass is 32.2. The van der Waals surface area contributed by atoms with E-state index >= 15 is 0 Å². The molecule has 9 heteroatoms. The number of thioether (sulfide) groups is 1. The maximum Gasteiger partial charge on any atom is 0.305 e. The van der Waals surface area contributed by atoms with Crippen molar-refractivity contribution >= 4 is 40.7 Å². The Hall–Kier alpha value is -3.33. The molecule has 0 aliphatic carbocycles. The molecule has 2 aromatic carbocycles. The summed E-state index contributed by atoms with van der Waals surface area (Å²) >= 11 is 1.00. The van der Waals surface area contributed by atoms with Gasteiger partial charge in [0.25, 0.3) is 0 Å². The molecule has 1 saturated heterocycles. The number of carboxylic acid groups (broad SMARTS) is 1. The zero-order valence-electron chi connectivity index (χ0n) is 13.9. The van der Waals surface area contributed by atoms with E-state index in [2.05, 4.69) is 10.2 Å². The second-order valence-electron chi connectivity index (χ2n) is 5.58. The highest BCUT2D eigenvalue weighted by Crippen LogP contribution is 2.34. The number of para-hydroxylation sites is 1. The molecule has 0 saturated carbocycles. The van der Waals surface area contributed by atoms with E-state index in [1.165, 1.54) is 41.4 Å². The van der Waals surface area contributed by atoms with Crippen molar-refractivity contribution in [2.24, 2.45) is 10.2 Å². The summed E-state index contributed by atoms with van der Waals surface area (Å²) in [6.07, 6.45) is 0.993. The molecule has 1 heterocycles. The molecule has 8 nitrogen and oxygen atoms in total. The van der Waals surface area contributed by atoms with Gasteiger partial charge in [0, 0.05) is 5.56 Å². The van der Waals surface area contributed by atoms with Crippen LogP contribution in [0.15, 0.2) is 58.7 Å². The largest absolute Gasteiger partial charge is 0.508 e. The molecule has 1 aliphatic heterocycles. The van der Waals surface area contributed by atoms with Crippen molar-refractivity contribution < 1.29 is 24.9 Å². The number of aliphatic carboxylic acids is 1. The minimum Gasteiger partial charge on any atom is -0.508 e. The Morgan fingerprint density at radius 2 is 1.85 bits per heavy atom. The average molecular weight is 385 g/mol. The summed E-state index contributed by atoms with van der Waals surface area (Å²) in [7, 11) is 0. The van der Waals surface area contributed by atoms with E-state index in [1.54, 1.807) is 18.2 Å². The van der Waals surface area contributed by atoms with Crippen LogP contribution in [0.1, 0.15) is 12.0 Å². The minimum absolute atomic E-state index is 0.0377. The Bertz CT molecular complexity index is 927. The smallest absolute Gasteiger partial charge is 0.305 e. The van der Waals surface area contributed by atoms with Crippen LogP contribution in [-0.4, -0.2) is 43.8 Å². The van der Waals surface area contributed by atoms with E-state index < -0.39 is 17.1 Å². The molecular weight excluding hydrogens is 370 g/mol. The van der Waals surface area contributed by atoms with Crippen LogP contribution < -0.4 is 4.90 Å². The van der Waals surface area contributed by atoms with Gasteiger partial charge in [-0.1, -0.05) is 23.9 Å². The zero-order chi connectivity index (χ0) is 19.4. The number of benzene rings is 2. The summed E-state index contributed by atoms with van der Waals surface area (Å²) in [5.41, 5.74) is 0.893. The van der Waals surface area contributed by atoms with Crippen LogP contribution in [0.2, 0.25) is 0 Å². The number of amides is 1. The number of phenolic OH excluding ortho intramolecular Hbond substituents is 2. The van der Waals surface area contributed by atoms with E-state index in [-0.39, 0.29) is 23.1 Å². The first-order valence-electron chi connectivity index (χ1n) is 7.86. The fourth-order valence-corrected chi connectivity index (χ4v) is 3.48. The van der Waals surface area contributed by atoms with Gasteiger partial charge in [0.15, 0.2) is 5.17 Å². The van der Waals surface area contributed by atoms with E-state index in [0.29, 0.717) is 11.3 Å². The number of aromatic hydroxyl groups is 2. The third-order valence-electron chi connectivity index (χ3n) is 3.68. The summed E-state index contributed by atoms with van der Waals surface area (Å²) in [5, 5.41) is 35.5. The van der Waals surface area contributed by atoms with Gasteiger partial charge in [0.2, 0.25) is 5.91 Å². The Labute approximate surface area is 158 Å². The van der Waals surface area contributed by atoms with Gasteiger partial charge < -0.3 is 15.3 Å². The number of nitrogens with zero attached hydrogens (tertiary/aromatic N) is 3. The number of phenols is 2. The number of hydrogen-bond donors (Lipinski definition) is 3. The zero-order valence-corrected chi connectivity index (χ0v) is 14.7. The molecule has 0 bridgehead atoms. The summed E-state index contributed by atoms with van der Waals surface area (Å²) in [6.45, 7) is 0. The van der Waals surface area contributed by atoms with Crippen molar-refractivity contribution in [1.29, 1.82) is 0 Å². The fourth-order valence-electron chi connectivity index (χ4n) is 2.40. The number of hydrogen-bond acceptors (Lipinski definition) is 7. The number of rotatable bonds is 5. The van der Waals surface area contributed by atoms with Crippen LogP contribution in [0.3, 0.4) is 0 Å². The second kappa shape index (κ2) is 7.92. The molecule has 3 rings (SSSR count). The average Bonchev–Trinajstić information content (AvgIpc) is 2.92. The first-order valence-corrected chi connectivity index (χ1v) is 8.74. The molecule has 3 N–H and O–H groups in total. The van der Waals surface area contributed by atoms with E-state index in [0.717, 1.165) is 11.8 Å². The molecule has 138 valence electrons. The lowest BCUT2D eigenvalue weighted by Crippen LogP contribution is -2.32. The van der Waals surface area contributed by atoms with Crippen LogP contribution >= 0.6 is 11.8 Å². The summed E-state index contributed by atoms with van der Waals surface area (Å²) in [4.78, 5) is 24.9. The SMILES string of the molecule is O=C(O)CC1S/C(=N\N=C\c2ccccc2O)N(c2ccc(O)cc2)C1=O.